The largest absolute Gasteiger partial charge is 0.468 e. The van der Waals surface area contributed by atoms with Gasteiger partial charge >= 0.3 is 11.9 Å². The van der Waals surface area contributed by atoms with E-state index >= 15 is 0 Å². The predicted octanol–water partition coefficient (Wildman–Crippen LogP) is 4.86. The highest BCUT2D eigenvalue weighted by Crippen LogP contribution is 2.45. The van der Waals surface area contributed by atoms with Gasteiger partial charge in [-0.05, 0) is 47.9 Å². The van der Waals surface area contributed by atoms with Gasteiger partial charge in [0.25, 0.3) is 0 Å². The minimum Gasteiger partial charge on any atom is -0.468 e. The number of carbonyl (C=O) groups excluding carboxylic acids is 2. The van der Waals surface area contributed by atoms with Crippen molar-refractivity contribution in [2.75, 3.05) is 14.2 Å². The van der Waals surface area contributed by atoms with Crippen molar-refractivity contribution in [3.05, 3.63) is 52.8 Å². The van der Waals surface area contributed by atoms with Crippen molar-refractivity contribution < 1.29 is 19.1 Å². The molecule has 1 heterocycles. The highest BCUT2D eigenvalue weighted by Gasteiger charge is 2.54. The average Bonchev–Trinajstić information content (AvgIpc) is 3.20. The Bertz CT molecular complexity index is 920. The van der Waals surface area contributed by atoms with Crippen molar-refractivity contribution in [1.82, 2.24) is 4.98 Å². The van der Waals surface area contributed by atoms with Crippen LogP contribution in [0.3, 0.4) is 0 Å². The van der Waals surface area contributed by atoms with Crippen LogP contribution in [-0.2, 0) is 44.7 Å². The fourth-order valence-corrected chi connectivity index (χ4v) is 4.65. The van der Waals surface area contributed by atoms with Crippen LogP contribution in [0.25, 0.3) is 11.1 Å². The molecule has 0 unspecified atom stereocenters. The molecule has 0 amide bonds. The van der Waals surface area contributed by atoms with Gasteiger partial charge in [-0.2, -0.15) is 0 Å². The molecule has 0 N–H and O–H groups in total. The molecule has 0 saturated carbocycles. The van der Waals surface area contributed by atoms with Gasteiger partial charge in [0.15, 0.2) is 5.41 Å². The number of esters is 2. The summed E-state index contributed by atoms with van der Waals surface area (Å²) in [5.74, 6) is -1.11. The van der Waals surface area contributed by atoms with E-state index in [0.29, 0.717) is 0 Å². The number of hydrogen-bond donors (Lipinski definition) is 0. The maximum Gasteiger partial charge on any atom is 0.323 e. The third-order valence-electron chi connectivity index (χ3n) is 6.28. The van der Waals surface area contributed by atoms with E-state index in [0.717, 1.165) is 66.6 Å². The molecule has 0 atom stereocenters. The number of hydrogen-bond acceptors (Lipinski definition) is 5. The maximum atomic E-state index is 12.8. The third-order valence-corrected chi connectivity index (χ3v) is 6.28. The predicted molar refractivity (Wildman–Crippen MR) is 121 cm³/mol. The van der Waals surface area contributed by atoms with Gasteiger partial charge in [0, 0.05) is 24.2 Å². The molecule has 1 aliphatic carbocycles. The standard InChI is InChI=1S/C26H33NO4/c1-5-7-14-19-21(15-8-6-2)27-22-17-26(24(28)30-3,25(29)31-4)16-20(22)23(19)18-12-10-9-11-13-18/h9-13H,5-8,14-17H2,1-4H3. The summed E-state index contributed by atoms with van der Waals surface area (Å²) in [6.45, 7) is 4.37. The molecule has 0 radical (unpaired) electrons. The fraction of sp³-hybridized carbons (Fsp3) is 0.500. The zero-order valence-electron chi connectivity index (χ0n) is 19.1. The van der Waals surface area contributed by atoms with E-state index in [2.05, 4.69) is 26.0 Å². The van der Waals surface area contributed by atoms with Crippen LogP contribution in [-0.4, -0.2) is 31.1 Å². The molecule has 31 heavy (non-hydrogen) atoms. The van der Waals surface area contributed by atoms with Crippen molar-refractivity contribution in [3.8, 4) is 11.1 Å². The van der Waals surface area contributed by atoms with Gasteiger partial charge in [-0.15, -0.1) is 0 Å². The lowest BCUT2D eigenvalue weighted by molar-refractivity contribution is -0.168. The number of pyridine rings is 1. The summed E-state index contributed by atoms with van der Waals surface area (Å²) in [5, 5.41) is 0. The summed E-state index contributed by atoms with van der Waals surface area (Å²) < 4.78 is 10.1. The van der Waals surface area contributed by atoms with Gasteiger partial charge in [0.2, 0.25) is 0 Å². The van der Waals surface area contributed by atoms with Crippen LogP contribution in [0.2, 0.25) is 0 Å². The molecule has 0 aliphatic heterocycles. The maximum absolute atomic E-state index is 12.8. The van der Waals surface area contributed by atoms with Crippen molar-refractivity contribution in [2.45, 2.75) is 65.2 Å². The van der Waals surface area contributed by atoms with E-state index in [1.54, 1.807) is 0 Å². The summed E-state index contributed by atoms with van der Waals surface area (Å²) in [7, 11) is 2.64. The summed E-state index contributed by atoms with van der Waals surface area (Å²) in [6, 6.07) is 10.3. The van der Waals surface area contributed by atoms with E-state index in [4.69, 9.17) is 14.5 Å². The number of benzene rings is 1. The monoisotopic (exact) mass is 423 g/mol. The number of aromatic nitrogens is 1. The van der Waals surface area contributed by atoms with E-state index in [9.17, 15) is 9.59 Å². The van der Waals surface area contributed by atoms with Crippen molar-refractivity contribution in [1.29, 1.82) is 0 Å². The van der Waals surface area contributed by atoms with Crippen LogP contribution < -0.4 is 0 Å². The topological polar surface area (TPSA) is 65.5 Å². The third kappa shape index (κ3) is 4.36. The molecule has 5 nitrogen and oxygen atoms in total. The molecule has 0 spiro atoms. The molecule has 1 aromatic carbocycles. The molecular formula is C26H33NO4. The number of rotatable bonds is 9. The normalized spacial score (nSPS) is 14.2. The quantitative estimate of drug-likeness (QED) is 0.425. The molecular weight excluding hydrogens is 390 g/mol. The van der Waals surface area contributed by atoms with Gasteiger partial charge in [-0.1, -0.05) is 57.0 Å². The second kappa shape index (κ2) is 10.1. The number of ether oxygens (including phenoxy) is 2. The second-order valence-electron chi connectivity index (χ2n) is 8.33. The summed E-state index contributed by atoms with van der Waals surface area (Å²) in [5.41, 5.74) is 5.03. The smallest absolute Gasteiger partial charge is 0.323 e. The number of methoxy groups -OCH3 is 2. The molecule has 0 saturated heterocycles. The first-order chi connectivity index (χ1) is 15.0. The zero-order valence-corrected chi connectivity index (χ0v) is 19.1. The zero-order chi connectivity index (χ0) is 22.4. The Balaban J connectivity index is 2.25. The molecule has 1 aliphatic rings. The molecule has 3 rings (SSSR count). The van der Waals surface area contributed by atoms with Crippen molar-refractivity contribution in [3.63, 3.8) is 0 Å². The number of nitrogens with zero attached hydrogens (tertiary/aromatic N) is 1. The number of unbranched alkanes of at least 4 members (excludes halogenated alkanes) is 2. The first-order valence-corrected chi connectivity index (χ1v) is 11.3. The second-order valence-corrected chi connectivity index (χ2v) is 8.33. The van der Waals surface area contributed by atoms with E-state index in [-0.39, 0.29) is 12.8 Å². The first kappa shape index (κ1) is 23.0. The van der Waals surface area contributed by atoms with E-state index in [1.807, 2.05) is 18.2 Å². The number of fused-ring (bicyclic) bond motifs is 1. The lowest BCUT2D eigenvalue weighted by Crippen LogP contribution is -2.42. The Hall–Kier alpha value is -2.69. The lowest BCUT2D eigenvalue weighted by atomic mass is 9.83. The Morgan fingerprint density at radius 1 is 0.935 bits per heavy atom. The summed E-state index contributed by atoms with van der Waals surface area (Å²) in [6.07, 6.45) is 6.60. The van der Waals surface area contributed by atoms with Gasteiger partial charge < -0.3 is 9.47 Å². The van der Waals surface area contributed by atoms with Gasteiger partial charge in [0.1, 0.15) is 0 Å². The first-order valence-electron chi connectivity index (χ1n) is 11.3. The lowest BCUT2D eigenvalue weighted by Gasteiger charge is -2.22. The van der Waals surface area contributed by atoms with Crippen molar-refractivity contribution >= 4 is 11.9 Å². The summed E-state index contributed by atoms with van der Waals surface area (Å²) in [4.78, 5) is 30.7. The molecule has 2 aromatic rings. The van der Waals surface area contributed by atoms with Crippen LogP contribution in [0.15, 0.2) is 30.3 Å². The molecule has 5 heteroatoms. The number of carbonyl (C=O) groups is 2. The molecule has 166 valence electrons. The fourth-order valence-electron chi connectivity index (χ4n) is 4.65. The molecule has 1 aromatic heterocycles. The number of aryl methyl sites for hydroxylation is 1. The van der Waals surface area contributed by atoms with Gasteiger partial charge in [-0.3, -0.25) is 14.6 Å². The average molecular weight is 424 g/mol. The van der Waals surface area contributed by atoms with Crippen LogP contribution in [0, 0.1) is 5.41 Å². The van der Waals surface area contributed by atoms with Crippen molar-refractivity contribution in [2.24, 2.45) is 5.41 Å². The van der Waals surface area contributed by atoms with Crippen LogP contribution in [0.4, 0.5) is 0 Å². The Kier molecular flexibility index (Phi) is 7.47. The highest BCUT2D eigenvalue weighted by molar-refractivity contribution is 6.02. The van der Waals surface area contributed by atoms with Crippen LogP contribution in [0.5, 0.6) is 0 Å². The Labute approximate surface area is 185 Å². The molecule has 0 bridgehead atoms. The van der Waals surface area contributed by atoms with Crippen LogP contribution in [0.1, 0.15) is 62.0 Å². The van der Waals surface area contributed by atoms with Gasteiger partial charge in [-0.25, -0.2) is 0 Å². The van der Waals surface area contributed by atoms with Crippen LogP contribution >= 0.6 is 0 Å². The van der Waals surface area contributed by atoms with E-state index < -0.39 is 17.4 Å². The summed E-state index contributed by atoms with van der Waals surface area (Å²) >= 11 is 0. The molecule has 0 fully saturated rings. The minimum absolute atomic E-state index is 0.217. The highest BCUT2D eigenvalue weighted by atomic mass is 16.5. The Morgan fingerprint density at radius 2 is 1.55 bits per heavy atom. The Morgan fingerprint density at radius 3 is 2.13 bits per heavy atom. The van der Waals surface area contributed by atoms with E-state index in [1.165, 1.54) is 19.8 Å². The SMILES string of the molecule is CCCCc1nc2c(c(-c3ccccc3)c1CCCC)CC(C(=O)OC)(C(=O)OC)C2. The van der Waals surface area contributed by atoms with Gasteiger partial charge in [0.05, 0.1) is 14.2 Å². The minimum atomic E-state index is -1.37.